The Morgan fingerprint density at radius 1 is 0.623 bits per heavy atom. The molecule has 0 atom stereocenters. The van der Waals surface area contributed by atoms with Crippen LogP contribution in [-0.4, -0.2) is 128 Å². The summed E-state index contributed by atoms with van der Waals surface area (Å²) in [5, 5.41) is 21.0. The maximum absolute atomic E-state index is 12.6. The number of carbonyl (C=O) groups is 2. The van der Waals surface area contributed by atoms with Gasteiger partial charge in [0.1, 0.15) is 11.9 Å². The average Bonchev–Trinajstić information content (AvgIpc) is 3.11. The van der Waals surface area contributed by atoms with Gasteiger partial charge in [0.05, 0.1) is 37.6 Å². The molecule has 3 N–H and O–H groups in total. The molecule has 0 spiro atoms. The molecule has 2 aliphatic rings. The Morgan fingerprint density at radius 3 is 1.30 bits per heavy atom. The summed E-state index contributed by atoms with van der Waals surface area (Å²) in [4.78, 5) is 28.4. The molecule has 17 heteroatoms. The highest BCUT2D eigenvalue weighted by molar-refractivity contribution is 7.55. The maximum Gasteiger partial charge on any atom is 0.345 e. The molecule has 2 aromatic carbocycles. The number of alkyl halides is 1. The molecule has 2 aliphatic heterocycles. The first-order chi connectivity index (χ1) is 24.4. The summed E-state index contributed by atoms with van der Waals surface area (Å²) in [5.41, 5.74) is 2.84. The van der Waals surface area contributed by atoms with Crippen molar-refractivity contribution in [3.8, 4) is 0 Å². The Balaban J connectivity index is 0.000000831. The molecule has 2 saturated heterocycles. The van der Waals surface area contributed by atoms with E-state index in [1.165, 1.54) is 5.56 Å². The number of carboxylic acid groups (broad SMARTS) is 2. The Morgan fingerprint density at radius 2 is 0.962 bits per heavy atom. The van der Waals surface area contributed by atoms with E-state index >= 15 is 0 Å². The van der Waals surface area contributed by atoms with Crippen LogP contribution in [0.15, 0.2) is 48.5 Å². The van der Waals surface area contributed by atoms with E-state index in [2.05, 4.69) is 20.0 Å². The number of nitrogens with one attached hydrogen (secondary N) is 1. The largest absolute Gasteiger partial charge is 0.478 e. The highest BCUT2D eigenvalue weighted by Gasteiger charge is 2.29. The van der Waals surface area contributed by atoms with Crippen LogP contribution in [0.1, 0.15) is 74.4 Å². The summed E-state index contributed by atoms with van der Waals surface area (Å²) in [6.45, 7) is 17.8. The second kappa shape index (κ2) is 27.4. The monoisotopic (exact) mass is 808 g/mol. The molecule has 14 nitrogen and oxygen atoms in total. The van der Waals surface area contributed by atoms with Crippen molar-refractivity contribution in [3.05, 3.63) is 70.8 Å². The molecule has 0 amide bonds. The lowest BCUT2D eigenvalue weighted by Gasteiger charge is -2.35. The van der Waals surface area contributed by atoms with Gasteiger partial charge in [-0.25, -0.2) is 9.59 Å². The first-order valence-electron chi connectivity index (χ1n) is 17.2. The molecule has 4 rings (SSSR count). The minimum atomic E-state index is -3.04. The lowest BCUT2D eigenvalue weighted by Crippen LogP contribution is -2.46. The third-order valence-electron chi connectivity index (χ3n) is 7.71. The molecule has 53 heavy (non-hydrogen) atoms. The van der Waals surface area contributed by atoms with Gasteiger partial charge in [-0.05, 0) is 63.1 Å². The highest BCUT2D eigenvalue weighted by atomic mass is 35.5. The van der Waals surface area contributed by atoms with Crippen LogP contribution >= 0.6 is 26.8 Å². The van der Waals surface area contributed by atoms with E-state index in [1.807, 2.05) is 38.1 Å². The van der Waals surface area contributed by atoms with E-state index in [0.29, 0.717) is 43.8 Å². The molecule has 0 aliphatic carbocycles. The number of nitrogens with zero attached hydrogens (tertiary/aromatic N) is 3. The number of piperazine rings is 2. The number of rotatable bonds is 17. The van der Waals surface area contributed by atoms with Crippen molar-refractivity contribution in [3.63, 3.8) is 0 Å². The van der Waals surface area contributed by atoms with Crippen molar-refractivity contribution in [2.75, 3.05) is 90.7 Å². The summed E-state index contributed by atoms with van der Waals surface area (Å²) in [5.74, 6) is -1.78. The number of benzene rings is 2. The molecule has 2 fully saturated rings. The van der Waals surface area contributed by atoms with E-state index in [1.54, 1.807) is 38.1 Å². The zero-order valence-electron chi connectivity index (χ0n) is 30.2. The SMILES string of the molecule is C.C.CCOP(=O)(CCl)OCC.CCOP(=O)(CN1CCN(Cc2ccc(C(=O)O)cc2)CC1)OCC.O=C(O)c1ccc(CN2CCNCC2)cc1. The minimum Gasteiger partial charge on any atom is -0.478 e. The Labute approximate surface area is 322 Å². The van der Waals surface area contributed by atoms with Crippen molar-refractivity contribution in [2.45, 2.75) is 55.6 Å². The topological polar surface area (TPSA) is 167 Å². The Hall–Kier alpha value is -2.19. The fraction of sp³-hybridized carbons (Fsp3) is 0.611. The number of hydrogen-bond acceptors (Lipinski definition) is 12. The maximum atomic E-state index is 12.6. The Bertz CT molecular complexity index is 1370. The lowest BCUT2D eigenvalue weighted by molar-refractivity contribution is 0.0686. The number of halogens is 1. The van der Waals surface area contributed by atoms with Crippen LogP contribution in [0.5, 0.6) is 0 Å². The summed E-state index contributed by atoms with van der Waals surface area (Å²) >= 11 is 5.35. The van der Waals surface area contributed by atoms with Crippen molar-refractivity contribution < 1.29 is 47.0 Å². The highest BCUT2D eigenvalue weighted by Crippen LogP contribution is 2.49. The van der Waals surface area contributed by atoms with Crippen molar-refractivity contribution >= 4 is 38.7 Å². The van der Waals surface area contributed by atoms with Gasteiger partial charge >= 0.3 is 27.1 Å². The summed E-state index contributed by atoms with van der Waals surface area (Å²) < 4.78 is 44.2. The molecule has 0 radical (unpaired) electrons. The van der Waals surface area contributed by atoms with Crippen LogP contribution in [-0.2, 0) is 40.3 Å². The summed E-state index contributed by atoms with van der Waals surface area (Å²) in [6.07, 6.45) is 0.329. The first kappa shape index (κ1) is 50.8. The van der Waals surface area contributed by atoms with E-state index < -0.39 is 27.1 Å². The molecule has 0 bridgehead atoms. The van der Waals surface area contributed by atoms with Gasteiger partial charge in [-0.1, -0.05) is 39.1 Å². The van der Waals surface area contributed by atoms with Gasteiger partial charge in [0.2, 0.25) is 0 Å². The van der Waals surface area contributed by atoms with E-state index in [9.17, 15) is 18.7 Å². The Kier molecular flexibility index (Phi) is 26.3. The molecular formula is C36H63ClN4O10P2. The van der Waals surface area contributed by atoms with Crippen LogP contribution in [0.3, 0.4) is 0 Å². The van der Waals surface area contributed by atoms with Crippen molar-refractivity contribution in [2.24, 2.45) is 0 Å². The quantitative estimate of drug-likeness (QED) is 0.108. The van der Waals surface area contributed by atoms with Gasteiger partial charge in [-0.15, -0.1) is 11.6 Å². The fourth-order valence-electron chi connectivity index (χ4n) is 5.24. The first-order valence-corrected chi connectivity index (χ1v) is 21.2. The molecule has 0 saturated carbocycles. The zero-order chi connectivity index (χ0) is 37.7. The van der Waals surface area contributed by atoms with Gasteiger partial charge in [0.25, 0.3) is 0 Å². The van der Waals surface area contributed by atoms with Crippen molar-refractivity contribution in [1.82, 2.24) is 20.0 Å². The molecule has 2 aromatic rings. The number of carboxylic acids is 2. The van der Waals surface area contributed by atoms with E-state index in [4.69, 9.17) is 39.9 Å². The second-order valence-corrected chi connectivity index (χ2v) is 16.3. The van der Waals surface area contributed by atoms with Gasteiger partial charge in [-0.2, -0.15) is 0 Å². The van der Waals surface area contributed by atoms with Gasteiger partial charge in [0, 0.05) is 65.4 Å². The zero-order valence-corrected chi connectivity index (χ0v) is 32.8. The third-order valence-corrected chi connectivity index (χ3v) is 12.2. The summed E-state index contributed by atoms with van der Waals surface area (Å²) in [6, 6.07) is 14.1. The van der Waals surface area contributed by atoms with Crippen LogP contribution in [0.2, 0.25) is 0 Å². The second-order valence-electron chi connectivity index (χ2n) is 11.6. The van der Waals surface area contributed by atoms with E-state index in [0.717, 1.165) is 71.0 Å². The lowest BCUT2D eigenvalue weighted by atomic mass is 10.1. The number of hydrogen-bond donors (Lipinski definition) is 3. The van der Waals surface area contributed by atoms with E-state index in [-0.39, 0.29) is 20.5 Å². The molecular weight excluding hydrogens is 746 g/mol. The van der Waals surface area contributed by atoms with Gasteiger partial charge in [-0.3, -0.25) is 23.8 Å². The normalized spacial score (nSPS) is 15.4. The standard InChI is InChI=1S/C17H27N2O5P.C12H16N2O2.C5H12ClO3P.2CH4/c1-3-23-25(22,24-4-2)14-19-11-9-18(10-12-19)13-15-5-7-16(8-6-15)17(20)21;15-12(16)11-3-1-10(2-4-11)9-14-7-5-13-6-8-14;1-3-8-10(7,5-6)9-4-2;;/h5-8H,3-4,9-14H2,1-2H3,(H,20,21);1-4,13H,5-9H2,(H,15,16);3-5H2,1-2H3;2*1H4. The average molecular weight is 809 g/mol. The van der Waals surface area contributed by atoms with Gasteiger partial charge in [0.15, 0.2) is 0 Å². The molecule has 0 unspecified atom stereocenters. The summed E-state index contributed by atoms with van der Waals surface area (Å²) in [7, 11) is -5.97. The van der Waals surface area contributed by atoms with Crippen LogP contribution in [0.4, 0.5) is 0 Å². The van der Waals surface area contributed by atoms with Crippen LogP contribution in [0, 0.1) is 0 Å². The minimum absolute atomic E-state index is 0. The smallest absolute Gasteiger partial charge is 0.345 e. The molecule has 0 aromatic heterocycles. The predicted octanol–water partition coefficient (Wildman–Crippen LogP) is 7.24. The molecule has 304 valence electrons. The predicted molar refractivity (Wildman–Crippen MR) is 213 cm³/mol. The third kappa shape index (κ3) is 19.8. The number of aromatic carboxylic acids is 2. The fourth-order valence-corrected chi connectivity index (χ4v) is 8.45. The van der Waals surface area contributed by atoms with Crippen LogP contribution < -0.4 is 5.32 Å². The van der Waals surface area contributed by atoms with Gasteiger partial charge < -0.3 is 33.6 Å². The van der Waals surface area contributed by atoms with Crippen LogP contribution in [0.25, 0.3) is 0 Å². The molecule has 2 heterocycles. The van der Waals surface area contributed by atoms with Crippen molar-refractivity contribution in [1.29, 1.82) is 0 Å².